The first-order valence-electron chi connectivity index (χ1n) is 6.67. The van der Waals surface area contributed by atoms with Crippen LogP contribution in [0.5, 0.6) is 6.01 Å². The largest absolute Gasteiger partial charge is 0.467 e. The third kappa shape index (κ3) is 7.61. The molecule has 0 aliphatic rings. The van der Waals surface area contributed by atoms with Gasteiger partial charge in [-0.2, -0.15) is 15.0 Å². The van der Waals surface area contributed by atoms with Crippen molar-refractivity contribution in [3.63, 3.8) is 0 Å². The van der Waals surface area contributed by atoms with Gasteiger partial charge in [0.2, 0.25) is 21.9 Å². The van der Waals surface area contributed by atoms with E-state index < -0.39 is 10.0 Å². The molecule has 0 unspecified atom stereocenters. The number of rotatable bonds is 10. The second-order valence-electron chi connectivity index (χ2n) is 4.34. The maximum atomic E-state index is 10.9. The Bertz CT molecular complexity index is 537. The second-order valence-corrected chi connectivity index (χ2v) is 6.18. The Morgan fingerprint density at radius 3 is 2.19 bits per heavy atom. The zero-order valence-electron chi connectivity index (χ0n) is 12.5. The van der Waals surface area contributed by atoms with Gasteiger partial charge in [-0.3, -0.25) is 0 Å². The lowest BCUT2D eigenvalue weighted by Crippen LogP contribution is -2.24. The van der Waals surface area contributed by atoms with Crippen LogP contribution in [0.3, 0.4) is 0 Å². The Labute approximate surface area is 125 Å². The van der Waals surface area contributed by atoms with Gasteiger partial charge < -0.3 is 15.4 Å². The Morgan fingerprint density at radius 2 is 1.67 bits per heavy atom. The number of hydrogen-bond donors (Lipinski definition) is 3. The van der Waals surface area contributed by atoms with Crippen LogP contribution in [0, 0.1) is 0 Å². The fourth-order valence-corrected chi connectivity index (χ4v) is 1.90. The highest BCUT2D eigenvalue weighted by molar-refractivity contribution is 7.88. The van der Waals surface area contributed by atoms with Gasteiger partial charge in [-0.1, -0.05) is 6.92 Å². The van der Waals surface area contributed by atoms with Gasteiger partial charge in [0.05, 0.1) is 13.4 Å². The van der Waals surface area contributed by atoms with Gasteiger partial charge in [0.15, 0.2) is 0 Å². The Balaban J connectivity index is 2.49. The molecule has 0 aliphatic carbocycles. The molecule has 0 bridgehead atoms. The number of anilines is 2. The maximum absolute atomic E-state index is 10.9. The van der Waals surface area contributed by atoms with Crippen molar-refractivity contribution in [2.45, 2.75) is 19.8 Å². The zero-order chi connectivity index (χ0) is 15.7. The maximum Gasteiger partial charge on any atom is 0.322 e. The molecule has 0 aromatic carbocycles. The van der Waals surface area contributed by atoms with Gasteiger partial charge in [-0.25, -0.2) is 13.1 Å². The quantitative estimate of drug-likeness (QED) is 0.518. The lowest BCUT2D eigenvalue weighted by molar-refractivity contribution is 0.379. The molecule has 1 heterocycles. The number of nitrogens with zero attached hydrogens (tertiary/aromatic N) is 3. The number of aromatic nitrogens is 3. The third-order valence-electron chi connectivity index (χ3n) is 2.33. The molecular formula is C11H22N6O3S. The Morgan fingerprint density at radius 1 is 1.05 bits per heavy atom. The summed E-state index contributed by atoms with van der Waals surface area (Å²) < 4.78 is 29.2. The van der Waals surface area contributed by atoms with Crippen molar-refractivity contribution in [2.24, 2.45) is 0 Å². The molecule has 0 saturated carbocycles. The molecule has 0 atom stereocenters. The number of methoxy groups -OCH3 is 1. The first kappa shape index (κ1) is 17.4. The first-order chi connectivity index (χ1) is 9.94. The molecule has 0 amide bonds. The Kier molecular flexibility index (Phi) is 7.09. The molecule has 0 spiro atoms. The monoisotopic (exact) mass is 318 g/mol. The standard InChI is InChI=1S/C11H22N6O3S/c1-4-6-12-9-15-10(17-11(16-9)20-2)13-7-5-8-14-21(3,18)19/h14H,4-8H2,1-3H3,(H2,12,13,15,16,17). The van der Waals surface area contributed by atoms with Gasteiger partial charge >= 0.3 is 6.01 Å². The van der Waals surface area contributed by atoms with Crippen LogP contribution in [-0.4, -0.2) is 56.4 Å². The van der Waals surface area contributed by atoms with Gasteiger partial charge in [0.25, 0.3) is 0 Å². The normalized spacial score (nSPS) is 11.2. The van der Waals surface area contributed by atoms with Crippen LogP contribution in [0.4, 0.5) is 11.9 Å². The summed E-state index contributed by atoms with van der Waals surface area (Å²) in [5, 5.41) is 6.06. The number of nitrogens with one attached hydrogen (secondary N) is 3. The highest BCUT2D eigenvalue weighted by Crippen LogP contribution is 2.10. The van der Waals surface area contributed by atoms with Crippen molar-refractivity contribution in [1.82, 2.24) is 19.7 Å². The van der Waals surface area contributed by atoms with Crippen LogP contribution in [0.25, 0.3) is 0 Å². The highest BCUT2D eigenvalue weighted by Gasteiger charge is 2.06. The molecule has 1 aromatic rings. The van der Waals surface area contributed by atoms with E-state index in [2.05, 4.69) is 30.3 Å². The van der Waals surface area contributed by atoms with E-state index in [4.69, 9.17) is 4.74 Å². The highest BCUT2D eigenvalue weighted by atomic mass is 32.2. The number of hydrogen-bond acceptors (Lipinski definition) is 8. The van der Waals surface area contributed by atoms with Crippen LogP contribution >= 0.6 is 0 Å². The summed E-state index contributed by atoms with van der Waals surface area (Å²) in [6, 6.07) is 0.223. The molecule has 0 saturated heterocycles. The van der Waals surface area contributed by atoms with E-state index in [9.17, 15) is 8.42 Å². The van der Waals surface area contributed by atoms with Crippen LogP contribution in [-0.2, 0) is 10.0 Å². The lowest BCUT2D eigenvalue weighted by atomic mass is 10.4. The molecule has 0 radical (unpaired) electrons. The lowest BCUT2D eigenvalue weighted by Gasteiger charge is -2.09. The van der Waals surface area contributed by atoms with Gasteiger partial charge in [-0.05, 0) is 12.8 Å². The summed E-state index contributed by atoms with van der Waals surface area (Å²) in [5.41, 5.74) is 0. The summed E-state index contributed by atoms with van der Waals surface area (Å²) in [5.74, 6) is 0.834. The molecule has 1 aromatic heterocycles. The van der Waals surface area contributed by atoms with Crippen LogP contribution in [0.15, 0.2) is 0 Å². The summed E-state index contributed by atoms with van der Waals surface area (Å²) in [6.45, 7) is 3.68. The predicted octanol–water partition coefficient (Wildman–Crippen LogP) is 0.0533. The van der Waals surface area contributed by atoms with Crippen LogP contribution in [0.1, 0.15) is 19.8 Å². The fraction of sp³-hybridized carbons (Fsp3) is 0.727. The smallest absolute Gasteiger partial charge is 0.322 e. The third-order valence-corrected chi connectivity index (χ3v) is 3.06. The van der Waals surface area contributed by atoms with Crippen molar-refractivity contribution in [1.29, 1.82) is 0 Å². The van der Waals surface area contributed by atoms with Crippen molar-refractivity contribution >= 4 is 21.9 Å². The molecular weight excluding hydrogens is 296 g/mol. The van der Waals surface area contributed by atoms with Gasteiger partial charge in [0.1, 0.15) is 0 Å². The summed E-state index contributed by atoms with van der Waals surface area (Å²) in [4.78, 5) is 12.4. The average Bonchev–Trinajstić information content (AvgIpc) is 2.43. The van der Waals surface area contributed by atoms with E-state index in [1.807, 2.05) is 6.92 Å². The molecule has 10 heteroatoms. The second kappa shape index (κ2) is 8.57. The summed E-state index contributed by atoms with van der Waals surface area (Å²) in [6.07, 6.45) is 2.69. The molecule has 120 valence electrons. The van der Waals surface area contributed by atoms with E-state index >= 15 is 0 Å². The molecule has 21 heavy (non-hydrogen) atoms. The fourth-order valence-electron chi connectivity index (χ4n) is 1.39. The summed E-state index contributed by atoms with van der Waals surface area (Å²) >= 11 is 0. The Hall–Kier alpha value is -1.68. The van der Waals surface area contributed by atoms with Gasteiger partial charge in [0, 0.05) is 19.6 Å². The average molecular weight is 318 g/mol. The first-order valence-corrected chi connectivity index (χ1v) is 8.56. The van der Waals surface area contributed by atoms with Crippen molar-refractivity contribution < 1.29 is 13.2 Å². The molecule has 9 nitrogen and oxygen atoms in total. The van der Waals surface area contributed by atoms with Crippen LogP contribution in [0.2, 0.25) is 0 Å². The minimum atomic E-state index is -3.15. The predicted molar refractivity (Wildman–Crippen MR) is 81.1 cm³/mol. The van der Waals surface area contributed by atoms with Crippen molar-refractivity contribution in [3.8, 4) is 6.01 Å². The minimum absolute atomic E-state index is 0.223. The molecule has 0 fully saturated rings. The topological polar surface area (TPSA) is 118 Å². The van der Waals surface area contributed by atoms with E-state index in [0.29, 0.717) is 31.4 Å². The van der Waals surface area contributed by atoms with Crippen LogP contribution < -0.4 is 20.1 Å². The molecule has 1 rings (SSSR count). The zero-order valence-corrected chi connectivity index (χ0v) is 13.3. The van der Waals surface area contributed by atoms with E-state index in [-0.39, 0.29) is 6.01 Å². The number of sulfonamides is 1. The van der Waals surface area contributed by atoms with Crippen molar-refractivity contribution in [3.05, 3.63) is 0 Å². The number of ether oxygens (including phenoxy) is 1. The van der Waals surface area contributed by atoms with E-state index in [0.717, 1.165) is 19.2 Å². The SMILES string of the molecule is CCCNc1nc(NCCCNS(C)(=O)=O)nc(OC)n1. The van der Waals surface area contributed by atoms with E-state index in [1.54, 1.807) is 0 Å². The minimum Gasteiger partial charge on any atom is -0.467 e. The van der Waals surface area contributed by atoms with E-state index in [1.165, 1.54) is 7.11 Å². The van der Waals surface area contributed by atoms with Gasteiger partial charge in [-0.15, -0.1) is 0 Å². The van der Waals surface area contributed by atoms with Crippen molar-refractivity contribution in [2.75, 3.05) is 43.6 Å². The molecule has 3 N–H and O–H groups in total. The molecule has 0 aliphatic heterocycles. The summed E-state index contributed by atoms with van der Waals surface area (Å²) in [7, 11) is -1.66.